The molecule has 0 saturated carbocycles. The maximum atomic E-state index is 15.1. The summed E-state index contributed by atoms with van der Waals surface area (Å²) in [5.41, 5.74) is 5.45. The van der Waals surface area contributed by atoms with Crippen molar-refractivity contribution in [2.75, 3.05) is 0 Å². The van der Waals surface area contributed by atoms with Crippen molar-refractivity contribution in [3.63, 3.8) is 0 Å². The number of benzene rings is 2. The van der Waals surface area contributed by atoms with E-state index in [0.717, 1.165) is 12.1 Å². The Morgan fingerprint density at radius 2 is 1.87 bits per heavy atom. The average molecular weight is 457 g/mol. The highest BCUT2D eigenvalue weighted by molar-refractivity contribution is 6.31. The lowest BCUT2D eigenvalue weighted by Crippen LogP contribution is -2.52. The summed E-state index contributed by atoms with van der Waals surface area (Å²) in [5, 5.41) is 13.0. The largest absolute Gasteiger partial charge is 0.480 e. The first-order valence-electron chi connectivity index (χ1n) is 9.53. The summed E-state index contributed by atoms with van der Waals surface area (Å²) in [6, 6.07) is 6.68. The maximum Gasteiger partial charge on any atom is 0.321 e. The number of carboxylic acid groups (broad SMARTS) is 1. The van der Waals surface area contributed by atoms with E-state index in [2.05, 4.69) is 5.32 Å². The van der Waals surface area contributed by atoms with Crippen LogP contribution >= 0.6 is 23.2 Å². The van der Waals surface area contributed by atoms with Crippen LogP contribution in [-0.4, -0.2) is 23.2 Å². The highest BCUT2D eigenvalue weighted by Crippen LogP contribution is 2.49. The van der Waals surface area contributed by atoms with Crippen LogP contribution in [0.5, 0.6) is 0 Å². The highest BCUT2D eigenvalue weighted by atomic mass is 35.5. The molecular formula is C22H24Cl2F2N2O2. The lowest BCUT2D eigenvalue weighted by Gasteiger charge is -2.39. The third-order valence-corrected chi connectivity index (χ3v) is 6.10. The molecule has 4 atom stereocenters. The SMILES string of the molecule is CC(C)(C)CC1NC(C(=O)O)C(c2cccc(Cl)c2)C1(N)c1cc(F)c(Cl)cc1F. The van der Waals surface area contributed by atoms with Crippen molar-refractivity contribution < 1.29 is 18.7 Å². The predicted octanol–water partition coefficient (Wildman–Crippen LogP) is 5.07. The number of aliphatic carboxylic acids is 1. The molecule has 1 fully saturated rings. The molecule has 30 heavy (non-hydrogen) atoms. The average Bonchev–Trinajstić information content (AvgIpc) is 2.90. The fraction of sp³-hybridized carbons (Fsp3) is 0.409. The Balaban J connectivity index is 2.29. The zero-order valence-corrected chi connectivity index (χ0v) is 18.4. The Morgan fingerprint density at radius 1 is 1.20 bits per heavy atom. The molecule has 0 aromatic heterocycles. The summed E-state index contributed by atoms with van der Waals surface area (Å²) in [6.07, 6.45) is 0.425. The van der Waals surface area contributed by atoms with Gasteiger partial charge in [-0.15, -0.1) is 0 Å². The summed E-state index contributed by atoms with van der Waals surface area (Å²) in [5.74, 6) is -3.66. The second-order valence-electron chi connectivity index (χ2n) is 9.01. The van der Waals surface area contributed by atoms with Gasteiger partial charge in [0, 0.05) is 22.5 Å². The zero-order valence-electron chi connectivity index (χ0n) is 16.8. The summed E-state index contributed by atoms with van der Waals surface area (Å²) in [6.45, 7) is 5.91. The number of rotatable bonds is 4. The first-order chi connectivity index (χ1) is 13.8. The number of nitrogens with two attached hydrogens (primary N) is 1. The van der Waals surface area contributed by atoms with Gasteiger partial charge in [0.2, 0.25) is 0 Å². The molecule has 0 bridgehead atoms. The van der Waals surface area contributed by atoms with Gasteiger partial charge in [-0.3, -0.25) is 10.1 Å². The Kier molecular flexibility index (Phi) is 6.18. The van der Waals surface area contributed by atoms with Crippen molar-refractivity contribution in [1.82, 2.24) is 5.32 Å². The fourth-order valence-corrected chi connectivity index (χ4v) is 4.72. The summed E-state index contributed by atoms with van der Waals surface area (Å²) >= 11 is 11.9. The van der Waals surface area contributed by atoms with Gasteiger partial charge in [-0.1, -0.05) is 56.1 Å². The van der Waals surface area contributed by atoms with Crippen LogP contribution in [0.15, 0.2) is 36.4 Å². The number of carboxylic acids is 1. The van der Waals surface area contributed by atoms with Crippen LogP contribution in [0, 0.1) is 17.0 Å². The molecule has 0 spiro atoms. The molecule has 4 N–H and O–H groups in total. The van der Waals surface area contributed by atoms with E-state index in [-0.39, 0.29) is 16.0 Å². The molecule has 1 aliphatic heterocycles. The van der Waals surface area contributed by atoms with Crippen LogP contribution < -0.4 is 11.1 Å². The van der Waals surface area contributed by atoms with Gasteiger partial charge in [-0.05, 0) is 41.7 Å². The number of nitrogens with one attached hydrogen (secondary N) is 1. The second-order valence-corrected chi connectivity index (χ2v) is 9.86. The first kappa shape index (κ1) is 22.9. The molecule has 2 aromatic carbocycles. The molecule has 1 saturated heterocycles. The van der Waals surface area contributed by atoms with E-state index < -0.39 is 41.1 Å². The minimum atomic E-state index is -1.57. The number of hydrogen-bond acceptors (Lipinski definition) is 3. The van der Waals surface area contributed by atoms with Gasteiger partial charge in [0.1, 0.15) is 17.7 Å². The van der Waals surface area contributed by atoms with Crippen LogP contribution in [0.3, 0.4) is 0 Å². The standard InChI is InChI=1S/C22H24Cl2F2N2O2/c1-21(2,3)10-17-22(27,13-8-16(26)14(24)9-15(13)25)18(19(28-17)20(29)30)11-5-4-6-12(23)7-11/h4-9,17-19,28H,10,27H2,1-3H3,(H,29,30). The zero-order chi connectivity index (χ0) is 22.4. The van der Waals surface area contributed by atoms with Crippen molar-refractivity contribution in [2.45, 2.75) is 50.7 Å². The third kappa shape index (κ3) is 4.19. The van der Waals surface area contributed by atoms with Crippen LogP contribution in [0.1, 0.15) is 44.2 Å². The van der Waals surface area contributed by atoms with E-state index >= 15 is 4.39 Å². The molecule has 162 valence electrons. The van der Waals surface area contributed by atoms with Gasteiger partial charge in [0.15, 0.2) is 0 Å². The van der Waals surface area contributed by atoms with Crippen LogP contribution in [-0.2, 0) is 10.3 Å². The van der Waals surface area contributed by atoms with Gasteiger partial charge >= 0.3 is 5.97 Å². The lowest BCUT2D eigenvalue weighted by atomic mass is 9.68. The van der Waals surface area contributed by atoms with Gasteiger partial charge in [-0.25, -0.2) is 8.78 Å². The minimum absolute atomic E-state index is 0.125. The number of halogens is 4. The van der Waals surface area contributed by atoms with E-state index in [1.54, 1.807) is 24.3 Å². The predicted molar refractivity (Wildman–Crippen MR) is 114 cm³/mol. The first-order valence-corrected chi connectivity index (χ1v) is 10.3. The summed E-state index contributed by atoms with van der Waals surface area (Å²) in [7, 11) is 0. The minimum Gasteiger partial charge on any atom is -0.480 e. The van der Waals surface area contributed by atoms with Gasteiger partial charge < -0.3 is 10.8 Å². The third-order valence-electron chi connectivity index (χ3n) is 5.57. The lowest BCUT2D eigenvalue weighted by molar-refractivity contribution is -0.139. The second kappa shape index (κ2) is 8.08. The maximum absolute atomic E-state index is 15.1. The highest BCUT2D eigenvalue weighted by Gasteiger charge is 2.58. The van der Waals surface area contributed by atoms with E-state index in [4.69, 9.17) is 28.9 Å². The summed E-state index contributed by atoms with van der Waals surface area (Å²) in [4.78, 5) is 12.2. The van der Waals surface area contributed by atoms with Crippen LogP contribution in [0.2, 0.25) is 10.0 Å². The Bertz CT molecular complexity index is 980. The topological polar surface area (TPSA) is 75.3 Å². The van der Waals surface area contributed by atoms with Gasteiger partial charge in [0.25, 0.3) is 0 Å². The number of carbonyl (C=O) groups is 1. The molecule has 3 rings (SSSR count). The van der Waals surface area contributed by atoms with E-state index in [1.165, 1.54) is 0 Å². The van der Waals surface area contributed by atoms with E-state index in [9.17, 15) is 14.3 Å². The quantitative estimate of drug-likeness (QED) is 0.561. The van der Waals surface area contributed by atoms with Crippen molar-refractivity contribution in [3.8, 4) is 0 Å². The molecule has 2 aromatic rings. The Hall–Kier alpha value is -1.73. The molecule has 4 unspecified atom stereocenters. The van der Waals surface area contributed by atoms with Crippen LogP contribution in [0.4, 0.5) is 8.78 Å². The fourth-order valence-electron chi connectivity index (χ4n) is 4.38. The Labute approximate surface area is 184 Å². The number of hydrogen-bond donors (Lipinski definition) is 3. The van der Waals surface area contributed by atoms with Crippen molar-refractivity contribution in [1.29, 1.82) is 0 Å². The smallest absolute Gasteiger partial charge is 0.321 e. The molecule has 0 aliphatic carbocycles. The van der Waals surface area contributed by atoms with Crippen molar-refractivity contribution in [3.05, 3.63) is 69.2 Å². The molecule has 4 nitrogen and oxygen atoms in total. The molecule has 8 heteroatoms. The molecule has 0 radical (unpaired) electrons. The molecular weight excluding hydrogens is 433 g/mol. The molecule has 1 aliphatic rings. The monoisotopic (exact) mass is 456 g/mol. The van der Waals surface area contributed by atoms with Gasteiger partial charge in [-0.2, -0.15) is 0 Å². The van der Waals surface area contributed by atoms with E-state index in [1.807, 2.05) is 20.8 Å². The van der Waals surface area contributed by atoms with Crippen molar-refractivity contribution in [2.24, 2.45) is 11.1 Å². The van der Waals surface area contributed by atoms with Crippen LogP contribution in [0.25, 0.3) is 0 Å². The van der Waals surface area contributed by atoms with Crippen molar-refractivity contribution >= 4 is 29.2 Å². The molecule has 1 heterocycles. The summed E-state index contributed by atoms with van der Waals surface area (Å²) < 4.78 is 29.5. The van der Waals surface area contributed by atoms with E-state index in [0.29, 0.717) is 17.0 Å². The molecule has 0 amide bonds. The van der Waals surface area contributed by atoms with Gasteiger partial charge in [0.05, 0.1) is 10.6 Å². The Morgan fingerprint density at radius 3 is 2.43 bits per heavy atom. The normalized spacial score (nSPS) is 26.7.